The highest BCUT2D eigenvalue weighted by Crippen LogP contribution is 2.14. The molecule has 0 N–H and O–H groups in total. The molecule has 1 aromatic rings. The summed E-state index contributed by atoms with van der Waals surface area (Å²) in [6.07, 6.45) is 6.79. The van der Waals surface area contributed by atoms with Gasteiger partial charge in [-0.1, -0.05) is 56.4 Å². The molecule has 0 aliphatic heterocycles. The van der Waals surface area contributed by atoms with Gasteiger partial charge in [0, 0.05) is 12.5 Å². The predicted octanol–water partition coefficient (Wildman–Crippen LogP) is 3.79. The lowest BCUT2D eigenvalue weighted by atomic mass is 10.2. The van der Waals surface area contributed by atoms with Gasteiger partial charge in [-0.3, -0.25) is 0 Å². The Labute approximate surface area is 128 Å². The Morgan fingerprint density at radius 3 is 2.52 bits per heavy atom. The van der Waals surface area contributed by atoms with Crippen molar-refractivity contribution in [2.45, 2.75) is 43.9 Å². The summed E-state index contributed by atoms with van der Waals surface area (Å²) in [5.41, 5.74) is 0. The number of sulfonamides is 1. The van der Waals surface area contributed by atoms with E-state index in [0.717, 1.165) is 23.6 Å². The SMILES string of the molecule is C=CCN(C#CCCCCCC)S(=O)(=O)c1ccccc1. The zero-order valence-corrected chi connectivity index (χ0v) is 13.4. The van der Waals surface area contributed by atoms with Crippen LogP contribution < -0.4 is 0 Å². The molecule has 0 fully saturated rings. The Kier molecular flexibility index (Phi) is 7.63. The monoisotopic (exact) mass is 305 g/mol. The maximum Gasteiger partial charge on any atom is 0.271 e. The summed E-state index contributed by atoms with van der Waals surface area (Å²) in [5.74, 6) is 2.95. The molecule has 0 saturated carbocycles. The Morgan fingerprint density at radius 2 is 1.90 bits per heavy atom. The lowest BCUT2D eigenvalue weighted by Crippen LogP contribution is -2.26. The van der Waals surface area contributed by atoms with Gasteiger partial charge in [0.15, 0.2) is 0 Å². The third kappa shape index (κ3) is 5.65. The molecule has 0 spiro atoms. The summed E-state index contributed by atoms with van der Waals surface area (Å²) < 4.78 is 26.1. The number of hydrogen-bond acceptors (Lipinski definition) is 2. The molecule has 0 aliphatic carbocycles. The molecule has 114 valence electrons. The zero-order valence-electron chi connectivity index (χ0n) is 12.6. The lowest BCUT2D eigenvalue weighted by molar-refractivity contribution is 0.532. The van der Waals surface area contributed by atoms with Gasteiger partial charge in [-0.15, -0.1) is 6.58 Å². The van der Waals surface area contributed by atoms with Gasteiger partial charge in [-0.2, -0.15) is 0 Å². The maximum atomic E-state index is 12.5. The topological polar surface area (TPSA) is 37.4 Å². The van der Waals surface area contributed by atoms with E-state index in [0.29, 0.717) is 0 Å². The Balaban J connectivity index is 2.77. The Bertz CT molecular complexity index is 582. The highest BCUT2D eigenvalue weighted by Gasteiger charge is 2.20. The fourth-order valence-electron chi connectivity index (χ4n) is 1.83. The van der Waals surface area contributed by atoms with E-state index in [2.05, 4.69) is 25.5 Å². The first-order chi connectivity index (χ1) is 10.1. The molecule has 4 heteroatoms. The van der Waals surface area contributed by atoms with Gasteiger partial charge < -0.3 is 0 Å². The zero-order chi connectivity index (χ0) is 15.6. The molecular weight excluding hydrogens is 282 g/mol. The number of hydrogen-bond donors (Lipinski definition) is 0. The standard InChI is InChI=1S/C17H23NO2S/c1-3-5-6-7-8-12-16-18(15-4-2)21(19,20)17-13-10-9-11-14-17/h4,9-11,13-14H,2-3,5-8,15H2,1H3. The van der Waals surface area contributed by atoms with Gasteiger partial charge >= 0.3 is 0 Å². The largest absolute Gasteiger partial charge is 0.271 e. The van der Waals surface area contributed by atoms with Gasteiger partial charge in [-0.05, 0) is 18.6 Å². The molecule has 0 amide bonds. The van der Waals surface area contributed by atoms with E-state index in [1.54, 1.807) is 36.4 Å². The first-order valence-corrected chi connectivity index (χ1v) is 8.74. The van der Waals surface area contributed by atoms with Crippen LogP contribution in [-0.4, -0.2) is 19.3 Å². The van der Waals surface area contributed by atoms with Crippen molar-refractivity contribution >= 4 is 10.0 Å². The second-order valence-electron chi connectivity index (χ2n) is 4.74. The van der Waals surface area contributed by atoms with E-state index in [4.69, 9.17) is 0 Å². The van der Waals surface area contributed by atoms with Crippen LogP contribution in [0.5, 0.6) is 0 Å². The van der Waals surface area contributed by atoms with Gasteiger partial charge in [-0.25, -0.2) is 12.7 Å². The van der Waals surface area contributed by atoms with Crippen molar-refractivity contribution in [3.05, 3.63) is 43.0 Å². The highest BCUT2D eigenvalue weighted by molar-refractivity contribution is 7.89. The summed E-state index contributed by atoms with van der Waals surface area (Å²) >= 11 is 0. The fourth-order valence-corrected chi connectivity index (χ4v) is 3.07. The minimum Gasteiger partial charge on any atom is -0.221 e. The minimum atomic E-state index is -3.57. The first-order valence-electron chi connectivity index (χ1n) is 7.30. The molecule has 0 radical (unpaired) electrons. The van der Waals surface area contributed by atoms with Crippen LogP contribution in [0.3, 0.4) is 0 Å². The quantitative estimate of drug-likeness (QED) is 0.317. The summed E-state index contributed by atoms with van der Waals surface area (Å²) in [6.45, 7) is 5.95. The molecule has 1 aromatic carbocycles. The van der Waals surface area contributed by atoms with Gasteiger partial charge in [0.25, 0.3) is 10.0 Å². The third-order valence-electron chi connectivity index (χ3n) is 2.99. The van der Waals surface area contributed by atoms with Crippen LogP contribution >= 0.6 is 0 Å². The van der Waals surface area contributed by atoms with E-state index in [1.165, 1.54) is 12.8 Å². The first kappa shape index (κ1) is 17.3. The normalized spacial score (nSPS) is 10.5. The van der Waals surface area contributed by atoms with Crippen molar-refractivity contribution in [1.29, 1.82) is 0 Å². The van der Waals surface area contributed by atoms with Crippen LogP contribution in [0.2, 0.25) is 0 Å². The van der Waals surface area contributed by atoms with Crippen LogP contribution in [0.1, 0.15) is 39.0 Å². The third-order valence-corrected chi connectivity index (χ3v) is 4.67. The smallest absolute Gasteiger partial charge is 0.221 e. The Morgan fingerprint density at radius 1 is 1.19 bits per heavy atom. The van der Waals surface area contributed by atoms with Gasteiger partial charge in [0.1, 0.15) is 0 Å². The van der Waals surface area contributed by atoms with Crippen molar-refractivity contribution in [2.24, 2.45) is 0 Å². The van der Waals surface area contributed by atoms with Crippen molar-refractivity contribution in [3.8, 4) is 12.0 Å². The molecule has 0 saturated heterocycles. The molecule has 1 rings (SSSR count). The van der Waals surface area contributed by atoms with Crippen LogP contribution in [-0.2, 0) is 10.0 Å². The minimum absolute atomic E-state index is 0.194. The predicted molar refractivity (Wildman–Crippen MR) is 87.1 cm³/mol. The fraction of sp³-hybridized carbons (Fsp3) is 0.412. The number of benzene rings is 1. The summed E-state index contributed by atoms with van der Waals surface area (Å²) in [6, 6.07) is 11.1. The second-order valence-corrected chi connectivity index (χ2v) is 6.60. The molecular formula is C17H23NO2S. The Hall–Kier alpha value is -1.73. The number of rotatable bonds is 8. The highest BCUT2D eigenvalue weighted by atomic mass is 32.2. The molecule has 0 heterocycles. The number of unbranched alkanes of at least 4 members (excludes halogenated alkanes) is 4. The molecule has 0 aromatic heterocycles. The van der Waals surface area contributed by atoms with Crippen molar-refractivity contribution in [2.75, 3.05) is 6.54 Å². The van der Waals surface area contributed by atoms with Crippen LogP contribution in [0.25, 0.3) is 0 Å². The van der Waals surface area contributed by atoms with E-state index in [9.17, 15) is 8.42 Å². The summed E-state index contributed by atoms with van der Waals surface area (Å²) in [5, 5.41) is 0. The van der Waals surface area contributed by atoms with Gasteiger partial charge in [0.05, 0.1) is 11.4 Å². The summed E-state index contributed by atoms with van der Waals surface area (Å²) in [4.78, 5) is 0.257. The second kappa shape index (κ2) is 9.25. The van der Waals surface area contributed by atoms with Crippen molar-refractivity contribution in [1.82, 2.24) is 4.31 Å². The van der Waals surface area contributed by atoms with E-state index in [1.807, 2.05) is 0 Å². The lowest BCUT2D eigenvalue weighted by Gasteiger charge is -2.15. The molecule has 21 heavy (non-hydrogen) atoms. The molecule has 0 bridgehead atoms. The average molecular weight is 305 g/mol. The van der Waals surface area contributed by atoms with E-state index >= 15 is 0 Å². The van der Waals surface area contributed by atoms with E-state index in [-0.39, 0.29) is 11.4 Å². The van der Waals surface area contributed by atoms with E-state index < -0.39 is 10.0 Å². The summed E-state index contributed by atoms with van der Waals surface area (Å²) in [7, 11) is -3.57. The van der Waals surface area contributed by atoms with Crippen molar-refractivity contribution in [3.63, 3.8) is 0 Å². The average Bonchev–Trinajstić information content (AvgIpc) is 2.50. The molecule has 3 nitrogen and oxygen atoms in total. The van der Waals surface area contributed by atoms with Crippen LogP contribution in [0.4, 0.5) is 0 Å². The maximum absolute atomic E-state index is 12.5. The van der Waals surface area contributed by atoms with Crippen molar-refractivity contribution < 1.29 is 8.42 Å². The molecule has 0 unspecified atom stereocenters. The van der Waals surface area contributed by atoms with Gasteiger partial charge in [0.2, 0.25) is 0 Å². The van der Waals surface area contributed by atoms with Crippen LogP contribution in [0.15, 0.2) is 47.9 Å². The molecule has 0 atom stereocenters. The number of nitrogens with zero attached hydrogens (tertiary/aromatic N) is 1. The van der Waals surface area contributed by atoms with Crippen LogP contribution in [0, 0.1) is 12.0 Å². The molecule has 0 aliphatic rings.